The van der Waals surface area contributed by atoms with Gasteiger partial charge in [-0.1, -0.05) is 11.6 Å². The van der Waals surface area contributed by atoms with Crippen LogP contribution in [0.4, 0.5) is 5.69 Å². The van der Waals surface area contributed by atoms with Gasteiger partial charge in [-0.2, -0.15) is 0 Å². The summed E-state index contributed by atoms with van der Waals surface area (Å²) in [5.74, 6) is 0. The van der Waals surface area contributed by atoms with Crippen molar-refractivity contribution >= 4 is 61.0 Å². The van der Waals surface area contributed by atoms with Crippen LogP contribution in [0.2, 0.25) is 5.02 Å². The molecule has 0 aliphatic rings. The molecule has 2 aromatic carbocycles. The summed E-state index contributed by atoms with van der Waals surface area (Å²) in [5, 5.41) is 14.4. The molecule has 2 N–H and O–H groups in total. The molecule has 24 heavy (non-hydrogen) atoms. The van der Waals surface area contributed by atoms with E-state index in [1.165, 1.54) is 6.07 Å². The Bertz CT molecular complexity index is 1300. The molecule has 5 rings (SSSR count). The number of hydrogen-bond acceptors (Lipinski definition) is 3. The summed E-state index contributed by atoms with van der Waals surface area (Å²) in [6, 6.07) is 10.4. The quantitative estimate of drug-likeness (QED) is 0.336. The van der Waals surface area contributed by atoms with Crippen molar-refractivity contribution < 1.29 is 4.92 Å². The first-order valence-corrected chi connectivity index (χ1v) is 7.65. The Kier molecular flexibility index (Phi) is 2.47. The second kappa shape index (κ2) is 4.46. The van der Waals surface area contributed by atoms with Crippen LogP contribution >= 0.6 is 11.6 Å². The first-order chi connectivity index (χ1) is 11.6. The summed E-state index contributed by atoms with van der Waals surface area (Å²) >= 11 is 6.10. The van der Waals surface area contributed by atoms with E-state index in [1.807, 2.05) is 18.2 Å². The van der Waals surface area contributed by atoms with Crippen molar-refractivity contribution in [3.05, 3.63) is 57.7 Å². The topological polar surface area (TPSA) is 87.6 Å². The number of nitrogens with zero attached hydrogens (tertiary/aromatic N) is 2. The number of rotatable bonds is 1. The number of pyridine rings is 1. The number of hydrogen-bond donors (Lipinski definition) is 2. The molecule has 0 bridgehead atoms. The minimum Gasteiger partial charge on any atom is -0.353 e. The molecule has 0 radical (unpaired) electrons. The smallest absolute Gasteiger partial charge is 0.270 e. The van der Waals surface area contributed by atoms with Gasteiger partial charge in [-0.3, -0.25) is 15.1 Å². The minimum absolute atomic E-state index is 0.0625. The van der Waals surface area contributed by atoms with E-state index in [-0.39, 0.29) is 10.6 Å². The highest BCUT2D eigenvalue weighted by Crippen LogP contribution is 2.36. The number of fused-ring (bicyclic) bond motifs is 7. The highest BCUT2D eigenvalue weighted by Gasteiger charge is 2.16. The van der Waals surface area contributed by atoms with Crippen molar-refractivity contribution in [2.24, 2.45) is 0 Å². The first-order valence-electron chi connectivity index (χ1n) is 7.27. The van der Waals surface area contributed by atoms with E-state index >= 15 is 0 Å². The lowest BCUT2D eigenvalue weighted by molar-refractivity contribution is -0.384. The van der Waals surface area contributed by atoms with E-state index in [1.54, 1.807) is 18.3 Å². The van der Waals surface area contributed by atoms with Crippen LogP contribution in [0.5, 0.6) is 0 Å². The molecule has 7 heteroatoms. The fourth-order valence-electron chi connectivity index (χ4n) is 3.27. The van der Waals surface area contributed by atoms with Gasteiger partial charge >= 0.3 is 0 Å². The molecule has 3 heterocycles. The van der Waals surface area contributed by atoms with Crippen LogP contribution < -0.4 is 0 Å². The van der Waals surface area contributed by atoms with Gasteiger partial charge in [0.2, 0.25) is 0 Å². The predicted octanol–water partition coefficient (Wildman–Crippen LogP) is 4.91. The lowest BCUT2D eigenvalue weighted by Gasteiger charge is -1.95. The van der Waals surface area contributed by atoms with Gasteiger partial charge in [-0.25, -0.2) is 0 Å². The van der Waals surface area contributed by atoms with E-state index in [9.17, 15) is 10.1 Å². The van der Waals surface area contributed by atoms with E-state index in [2.05, 4.69) is 15.0 Å². The molecule has 5 aromatic rings. The molecule has 0 unspecified atom stereocenters. The Hall–Kier alpha value is -3.12. The van der Waals surface area contributed by atoms with Crippen LogP contribution in [0.3, 0.4) is 0 Å². The van der Waals surface area contributed by atoms with Gasteiger partial charge in [0.1, 0.15) is 0 Å². The molecule has 0 fully saturated rings. The molecule has 3 aromatic heterocycles. The third-order valence-electron chi connectivity index (χ3n) is 4.33. The zero-order chi connectivity index (χ0) is 16.4. The van der Waals surface area contributed by atoms with Gasteiger partial charge in [0.15, 0.2) is 0 Å². The molecule has 0 saturated carbocycles. The summed E-state index contributed by atoms with van der Waals surface area (Å²) in [6.45, 7) is 0. The number of nitrogens with one attached hydrogen (secondary N) is 2. The summed E-state index contributed by atoms with van der Waals surface area (Å²) in [7, 11) is 0. The SMILES string of the molecule is O=[N+]([O-])c1ccc2[nH]c3cnc4c5cc(Cl)ccc5[nH]c4c3c2c1. The molecule has 0 spiro atoms. The van der Waals surface area contributed by atoms with E-state index in [0.717, 1.165) is 43.7 Å². The van der Waals surface area contributed by atoms with Crippen molar-refractivity contribution in [1.82, 2.24) is 15.0 Å². The monoisotopic (exact) mass is 336 g/mol. The maximum atomic E-state index is 11.1. The van der Waals surface area contributed by atoms with E-state index < -0.39 is 0 Å². The zero-order valence-electron chi connectivity index (χ0n) is 12.1. The predicted molar refractivity (Wildman–Crippen MR) is 94.6 cm³/mol. The normalized spacial score (nSPS) is 11.9. The van der Waals surface area contributed by atoms with E-state index in [0.29, 0.717) is 5.02 Å². The van der Waals surface area contributed by atoms with Crippen LogP contribution in [-0.2, 0) is 0 Å². The average Bonchev–Trinajstić information content (AvgIpc) is 3.11. The maximum absolute atomic E-state index is 11.1. The fourth-order valence-corrected chi connectivity index (χ4v) is 3.45. The maximum Gasteiger partial charge on any atom is 0.270 e. The third kappa shape index (κ3) is 1.68. The number of nitro groups is 1. The van der Waals surface area contributed by atoms with Gasteiger partial charge in [-0.15, -0.1) is 0 Å². The molecular formula is C17H9ClN4O2. The Morgan fingerprint density at radius 1 is 1.00 bits per heavy atom. The summed E-state index contributed by atoms with van der Waals surface area (Å²) in [4.78, 5) is 21.9. The first kappa shape index (κ1) is 13.3. The fraction of sp³-hybridized carbons (Fsp3) is 0. The standard InChI is InChI=1S/C17H9ClN4O2/c18-8-1-3-13-11(5-8)16-17(21-13)15-10-6-9(22(23)24)2-4-12(10)20-14(15)7-19-16/h1-7,20-21H. The Morgan fingerprint density at radius 2 is 1.79 bits per heavy atom. The van der Waals surface area contributed by atoms with Gasteiger partial charge in [0.05, 0.1) is 27.7 Å². The number of aromatic nitrogens is 3. The zero-order valence-corrected chi connectivity index (χ0v) is 12.9. The second-order valence-electron chi connectivity index (χ2n) is 5.70. The van der Waals surface area contributed by atoms with Crippen molar-refractivity contribution in [3.8, 4) is 0 Å². The van der Waals surface area contributed by atoms with Crippen molar-refractivity contribution in [1.29, 1.82) is 0 Å². The number of H-pyrrole nitrogens is 2. The summed E-state index contributed by atoms with van der Waals surface area (Å²) in [5.41, 5.74) is 4.29. The number of benzene rings is 2. The highest BCUT2D eigenvalue weighted by atomic mass is 35.5. The van der Waals surface area contributed by atoms with Crippen LogP contribution in [0.25, 0.3) is 43.7 Å². The van der Waals surface area contributed by atoms with Crippen LogP contribution in [-0.4, -0.2) is 19.9 Å². The van der Waals surface area contributed by atoms with Crippen molar-refractivity contribution in [3.63, 3.8) is 0 Å². The number of nitro benzene ring substituents is 1. The van der Waals surface area contributed by atoms with Crippen LogP contribution in [0.15, 0.2) is 42.6 Å². The van der Waals surface area contributed by atoms with Crippen molar-refractivity contribution in [2.45, 2.75) is 0 Å². The molecule has 0 amide bonds. The van der Waals surface area contributed by atoms with Gasteiger partial charge in [-0.05, 0) is 24.3 Å². The van der Waals surface area contributed by atoms with Crippen molar-refractivity contribution in [2.75, 3.05) is 0 Å². The van der Waals surface area contributed by atoms with Crippen LogP contribution in [0, 0.1) is 10.1 Å². The van der Waals surface area contributed by atoms with Gasteiger partial charge in [0, 0.05) is 44.3 Å². The molecule has 0 saturated heterocycles. The third-order valence-corrected chi connectivity index (χ3v) is 4.56. The van der Waals surface area contributed by atoms with Gasteiger partial charge in [0.25, 0.3) is 5.69 Å². The molecular weight excluding hydrogens is 328 g/mol. The Labute approximate surface area is 139 Å². The molecule has 0 atom stereocenters. The molecule has 6 nitrogen and oxygen atoms in total. The summed E-state index contributed by atoms with van der Waals surface area (Å²) < 4.78 is 0. The average molecular weight is 337 g/mol. The number of halogens is 1. The Balaban J connectivity index is 2.01. The molecule has 0 aliphatic heterocycles. The molecule has 0 aliphatic carbocycles. The van der Waals surface area contributed by atoms with E-state index in [4.69, 9.17) is 11.6 Å². The lowest BCUT2D eigenvalue weighted by atomic mass is 10.1. The van der Waals surface area contributed by atoms with Crippen LogP contribution in [0.1, 0.15) is 0 Å². The molecule has 116 valence electrons. The second-order valence-corrected chi connectivity index (χ2v) is 6.13. The summed E-state index contributed by atoms with van der Waals surface area (Å²) in [6.07, 6.45) is 1.75. The number of aromatic amines is 2. The highest BCUT2D eigenvalue weighted by molar-refractivity contribution is 6.32. The van der Waals surface area contributed by atoms with Gasteiger partial charge < -0.3 is 9.97 Å². The largest absolute Gasteiger partial charge is 0.353 e. The number of non-ortho nitro benzene ring substituents is 1. The lowest BCUT2D eigenvalue weighted by Crippen LogP contribution is -1.86. The minimum atomic E-state index is -0.387. The Morgan fingerprint density at radius 3 is 2.62 bits per heavy atom.